The van der Waals surface area contributed by atoms with Crippen LogP contribution in [-0.4, -0.2) is 66.5 Å². The van der Waals surface area contributed by atoms with E-state index in [1.54, 1.807) is 6.08 Å². The number of carbonyl (C=O) groups excluding carboxylic acids is 3. The fourth-order valence-electron chi connectivity index (χ4n) is 7.58. The van der Waals surface area contributed by atoms with Gasteiger partial charge in [-0.3, -0.25) is 23.4 Å². The van der Waals surface area contributed by atoms with E-state index in [9.17, 15) is 28.9 Å². The largest absolute Gasteiger partial charge is 0.472 e. The summed E-state index contributed by atoms with van der Waals surface area (Å²) in [6, 6.07) is 0. The van der Waals surface area contributed by atoms with Crippen molar-refractivity contribution in [3.63, 3.8) is 0 Å². The summed E-state index contributed by atoms with van der Waals surface area (Å²) >= 11 is 0. The fraction of sp³-hybridized carbons (Fsp3) is 0.694. The summed E-state index contributed by atoms with van der Waals surface area (Å²) in [5.74, 6) is -1.62. The van der Waals surface area contributed by atoms with Crippen LogP contribution in [-0.2, 0) is 42.2 Å². The van der Waals surface area contributed by atoms with Crippen LogP contribution in [0.4, 0.5) is 0 Å². The van der Waals surface area contributed by atoms with E-state index < -0.39 is 57.8 Å². The van der Waals surface area contributed by atoms with E-state index in [1.807, 2.05) is 18.2 Å². The third-order valence-corrected chi connectivity index (χ3v) is 12.9. The molecule has 0 aromatic rings. The molecule has 74 heavy (non-hydrogen) atoms. The quantitative estimate of drug-likeness (QED) is 0.0197. The second kappa shape index (κ2) is 55.6. The van der Waals surface area contributed by atoms with Crippen molar-refractivity contribution >= 4 is 25.7 Å². The van der Waals surface area contributed by atoms with Crippen molar-refractivity contribution < 1.29 is 52.2 Å². The molecule has 0 fully saturated rings. The Balaban J connectivity index is 4.80. The lowest BCUT2D eigenvalue weighted by Gasteiger charge is -2.21. The Morgan fingerprint density at radius 2 is 0.784 bits per heavy atom. The minimum Gasteiger partial charge on any atom is -0.462 e. The molecule has 0 aliphatic carbocycles. The summed E-state index contributed by atoms with van der Waals surface area (Å²) < 4.78 is 39.4. The SMILES string of the molecule is CC/C=C\C/C=C\C/C=C\C/C=C\C/C=C\CC(=O)OC(CO)COP(=O)(O)OCC(COC(=O)CCCCCCC/C=C\C/C=C\CCC)OC(=O)CCCCCCCCCCC/C=C\CCCCCCCC. The summed E-state index contributed by atoms with van der Waals surface area (Å²) in [6.07, 6.45) is 65.4. The number of hydrogen-bond acceptors (Lipinski definition) is 10. The van der Waals surface area contributed by atoms with Gasteiger partial charge in [0.1, 0.15) is 12.7 Å². The Morgan fingerprint density at radius 3 is 1.26 bits per heavy atom. The highest BCUT2D eigenvalue weighted by molar-refractivity contribution is 7.47. The highest BCUT2D eigenvalue weighted by atomic mass is 31.2. The van der Waals surface area contributed by atoms with Gasteiger partial charge in [0.25, 0.3) is 0 Å². The average Bonchev–Trinajstić information content (AvgIpc) is 3.39. The van der Waals surface area contributed by atoms with Crippen molar-refractivity contribution in [2.24, 2.45) is 0 Å². The topological polar surface area (TPSA) is 155 Å². The highest BCUT2D eigenvalue weighted by Crippen LogP contribution is 2.43. The molecule has 0 aliphatic rings. The second-order valence-corrected chi connectivity index (χ2v) is 20.5. The van der Waals surface area contributed by atoms with Gasteiger partial charge in [0.05, 0.1) is 26.2 Å². The third kappa shape index (κ3) is 53.2. The molecular weight excluding hydrogens is 952 g/mol. The molecule has 0 bridgehead atoms. The van der Waals surface area contributed by atoms with Gasteiger partial charge in [-0.05, 0) is 96.3 Å². The van der Waals surface area contributed by atoms with Crippen LogP contribution in [0.5, 0.6) is 0 Å². The molecule has 0 saturated heterocycles. The smallest absolute Gasteiger partial charge is 0.462 e. The predicted molar refractivity (Wildman–Crippen MR) is 307 cm³/mol. The zero-order valence-electron chi connectivity index (χ0n) is 46.8. The molecule has 0 aromatic carbocycles. The third-order valence-electron chi connectivity index (χ3n) is 12.0. The molecule has 0 aliphatic heterocycles. The number of ether oxygens (including phenoxy) is 3. The van der Waals surface area contributed by atoms with Gasteiger partial charge in [0.2, 0.25) is 0 Å². The van der Waals surface area contributed by atoms with Gasteiger partial charge in [0.15, 0.2) is 6.10 Å². The van der Waals surface area contributed by atoms with Gasteiger partial charge >= 0.3 is 25.7 Å². The molecule has 0 radical (unpaired) electrons. The van der Waals surface area contributed by atoms with Crippen LogP contribution < -0.4 is 0 Å². The van der Waals surface area contributed by atoms with Gasteiger partial charge in [0, 0.05) is 12.8 Å². The molecular formula is C62H105O11P. The maximum atomic E-state index is 12.9. The first-order valence-electron chi connectivity index (χ1n) is 29.1. The molecule has 2 N–H and O–H groups in total. The van der Waals surface area contributed by atoms with Crippen LogP contribution in [0.25, 0.3) is 0 Å². The standard InChI is InChI=1S/C62H105O11P/c1-4-7-10-13-16-19-22-25-27-28-29-30-32-35-38-41-44-47-50-53-62(66)73-59(55-69-60(64)51-48-45-42-39-36-33-24-21-18-15-12-9-6-3)57-71-74(67,68)70-56-58(54-63)72-61(65)52-49-46-43-40-37-34-31-26-23-20-17-14-11-8-5-2/h8,11-12,15,17,20-21,24-27,31,37,40,46,49,58-59,63H,4-7,9-10,13-14,16,18-19,22-23,28-30,32-36,38-39,41-45,47-48,50-57H2,1-3H3,(H,67,68)/b11-8-,15-12-,20-17-,24-21-,27-25-,31-26-,40-37-,49-46-. The molecule has 12 heteroatoms. The van der Waals surface area contributed by atoms with Gasteiger partial charge in [-0.15, -0.1) is 0 Å². The first-order valence-corrected chi connectivity index (χ1v) is 30.6. The van der Waals surface area contributed by atoms with Gasteiger partial charge < -0.3 is 24.2 Å². The fourth-order valence-corrected chi connectivity index (χ4v) is 8.37. The van der Waals surface area contributed by atoms with E-state index >= 15 is 0 Å². The predicted octanol–water partition coefficient (Wildman–Crippen LogP) is 17.3. The summed E-state index contributed by atoms with van der Waals surface area (Å²) in [5.41, 5.74) is 0. The van der Waals surface area contributed by atoms with Crippen molar-refractivity contribution in [1.29, 1.82) is 0 Å². The van der Waals surface area contributed by atoms with Crippen molar-refractivity contribution in [3.05, 3.63) is 97.2 Å². The van der Waals surface area contributed by atoms with E-state index in [1.165, 1.54) is 83.5 Å². The molecule has 3 unspecified atom stereocenters. The van der Waals surface area contributed by atoms with Crippen LogP contribution in [0.2, 0.25) is 0 Å². The molecule has 11 nitrogen and oxygen atoms in total. The summed E-state index contributed by atoms with van der Waals surface area (Å²) in [4.78, 5) is 48.5. The first-order chi connectivity index (χ1) is 36.2. The maximum Gasteiger partial charge on any atom is 0.472 e. The van der Waals surface area contributed by atoms with Crippen molar-refractivity contribution in [2.45, 2.75) is 251 Å². The Labute approximate surface area is 451 Å². The number of aliphatic hydroxyl groups is 1. The maximum absolute atomic E-state index is 12.9. The second-order valence-electron chi connectivity index (χ2n) is 19.1. The number of esters is 3. The lowest BCUT2D eigenvalue weighted by Crippen LogP contribution is -2.30. The van der Waals surface area contributed by atoms with Crippen molar-refractivity contribution in [3.8, 4) is 0 Å². The van der Waals surface area contributed by atoms with Crippen LogP contribution in [0, 0.1) is 0 Å². The van der Waals surface area contributed by atoms with E-state index in [2.05, 4.69) is 93.7 Å². The van der Waals surface area contributed by atoms with Crippen LogP contribution in [0.1, 0.15) is 239 Å². The average molecular weight is 1060 g/mol. The van der Waals surface area contributed by atoms with Crippen molar-refractivity contribution in [2.75, 3.05) is 26.4 Å². The lowest BCUT2D eigenvalue weighted by molar-refractivity contribution is -0.161. The van der Waals surface area contributed by atoms with Crippen LogP contribution in [0.15, 0.2) is 97.2 Å². The molecule has 0 spiro atoms. The molecule has 0 aromatic heterocycles. The van der Waals surface area contributed by atoms with Gasteiger partial charge in [-0.2, -0.15) is 0 Å². The highest BCUT2D eigenvalue weighted by Gasteiger charge is 2.28. The van der Waals surface area contributed by atoms with E-state index in [4.69, 9.17) is 23.3 Å². The zero-order valence-corrected chi connectivity index (χ0v) is 47.7. The number of aliphatic hydroxyl groups excluding tert-OH is 1. The zero-order chi connectivity index (χ0) is 54.1. The number of hydrogen-bond donors (Lipinski definition) is 2. The number of phosphoric ester groups is 1. The number of carbonyl (C=O) groups is 3. The minimum atomic E-state index is -4.78. The minimum absolute atomic E-state index is 0.0591. The number of allylic oxidation sites excluding steroid dienone is 15. The molecule has 0 heterocycles. The Bertz CT molecular complexity index is 1610. The Kier molecular flexibility index (Phi) is 52.9. The van der Waals surface area contributed by atoms with E-state index in [0.29, 0.717) is 19.3 Å². The first kappa shape index (κ1) is 70.4. The summed E-state index contributed by atoms with van der Waals surface area (Å²) in [7, 11) is -4.78. The molecule has 0 amide bonds. The monoisotopic (exact) mass is 1060 g/mol. The Morgan fingerprint density at radius 1 is 0.405 bits per heavy atom. The van der Waals surface area contributed by atoms with E-state index in [-0.39, 0.29) is 25.9 Å². The summed E-state index contributed by atoms with van der Waals surface area (Å²) in [6.45, 7) is 4.34. The van der Waals surface area contributed by atoms with Crippen molar-refractivity contribution in [1.82, 2.24) is 0 Å². The molecule has 0 rings (SSSR count). The number of unbranched alkanes of at least 4 members (excludes halogenated alkanes) is 21. The normalized spacial score (nSPS) is 14.1. The van der Waals surface area contributed by atoms with Gasteiger partial charge in [-0.25, -0.2) is 4.57 Å². The molecule has 3 atom stereocenters. The number of rotatable bonds is 53. The van der Waals surface area contributed by atoms with Crippen LogP contribution >= 0.6 is 7.82 Å². The molecule has 424 valence electrons. The Hall–Kier alpha value is -3.60. The van der Waals surface area contributed by atoms with Crippen LogP contribution in [0.3, 0.4) is 0 Å². The van der Waals surface area contributed by atoms with Gasteiger partial charge in [-0.1, -0.05) is 221 Å². The van der Waals surface area contributed by atoms with E-state index in [0.717, 1.165) is 96.3 Å². The molecule has 0 saturated carbocycles. The summed E-state index contributed by atoms with van der Waals surface area (Å²) in [5, 5.41) is 9.79. The lowest BCUT2D eigenvalue weighted by atomic mass is 10.1. The number of phosphoric acid groups is 1.